The monoisotopic (exact) mass is 188 g/mol. The van der Waals surface area contributed by atoms with Crippen molar-refractivity contribution in [2.24, 2.45) is 5.92 Å². The van der Waals surface area contributed by atoms with Crippen molar-refractivity contribution in [1.29, 1.82) is 0 Å². The first-order valence-electron chi connectivity index (χ1n) is 4.57. The molecule has 3 heteroatoms. The van der Waals surface area contributed by atoms with Gasteiger partial charge in [-0.05, 0) is 24.5 Å². The van der Waals surface area contributed by atoms with Gasteiger partial charge in [0.15, 0.2) is 0 Å². The fraction of sp³-hybridized carbons (Fsp3) is 0.889. The predicted octanol–water partition coefficient (Wildman–Crippen LogP) is 2.38. The van der Waals surface area contributed by atoms with Crippen LogP contribution in [0.15, 0.2) is 0 Å². The molecule has 1 fully saturated rings. The lowest BCUT2D eigenvalue weighted by atomic mass is 9.96. The van der Waals surface area contributed by atoms with Crippen LogP contribution in [0.2, 0.25) is 0 Å². The molecule has 1 N–H and O–H groups in total. The standard InChI is InChI=1S/C9H16O2S/c1-2-7(6-9(10)11)8-4-3-5-12-8/h7-8H,2-6H2,1H3,(H,10,11). The molecule has 0 aromatic rings. The molecule has 0 radical (unpaired) electrons. The van der Waals surface area contributed by atoms with Gasteiger partial charge in [0.2, 0.25) is 0 Å². The molecule has 70 valence electrons. The lowest BCUT2D eigenvalue weighted by Gasteiger charge is -2.18. The van der Waals surface area contributed by atoms with E-state index in [4.69, 9.17) is 5.11 Å². The summed E-state index contributed by atoms with van der Waals surface area (Å²) in [6.45, 7) is 2.09. The second kappa shape index (κ2) is 4.75. The van der Waals surface area contributed by atoms with E-state index >= 15 is 0 Å². The molecule has 0 bridgehead atoms. The zero-order valence-electron chi connectivity index (χ0n) is 7.45. The summed E-state index contributed by atoms with van der Waals surface area (Å²) in [6, 6.07) is 0. The van der Waals surface area contributed by atoms with Gasteiger partial charge in [-0.1, -0.05) is 13.3 Å². The maximum atomic E-state index is 10.5. The van der Waals surface area contributed by atoms with E-state index in [1.807, 2.05) is 11.8 Å². The zero-order valence-corrected chi connectivity index (χ0v) is 8.27. The van der Waals surface area contributed by atoms with E-state index < -0.39 is 5.97 Å². The highest BCUT2D eigenvalue weighted by Gasteiger charge is 2.25. The Labute approximate surface area is 77.7 Å². The van der Waals surface area contributed by atoms with Crippen molar-refractivity contribution in [1.82, 2.24) is 0 Å². The molecular formula is C9H16O2S. The third-order valence-corrected chi connectivity index (χ3v) is 4.03. The molecule has 0 aromatic carbocycles. The Hall–Kier alpha value is -0.180. The number of carboxylic acids is 1. The lowest BCUT2D eigenvalue weighted by molar-refractivity contribution is -0.138. The van der Waals surface area contributed by atoms with Crippen molar-refractivity contribution in [2.45, 2.75) is 37.9 Å². The van der Waals surface area contributed by atoms with Crippen molar-refractivity contribution < 1.29 is 9.90 Å². The van der Waals surface area contributed by atoms with Gasteiger partial charge in [-0.15, -0.1) is 0 Å². The second-order valence-electron chi connectivity index (χ2n) is 3.32. The number of carbonyl (C=O) groups is 1. The summed E-state index contributed by atoms with van der Waals surface area (Å²) in [6.07, 6.45) is 3.85. The molecule has 12 heavy (non-hydrogen) atoms. The summed E-state index contributed by atoms with van der Waals surface area (Å²) in [4.78, 5) is 10.5. The van der Waals surface area contributed by atoms with Crippen LogP contribution in [0.25, 0.3) is 0 Å². The van der Waals surface area contributed by atoms with Crippen LogP contribution in [0.3, 0.4) is 0 Å². The number of aliphatic carboxylic acids is 1. The van der Waals surface area contributed by atoms with Gasteiger partial charge in [-0.3, -0.25) is 4.79 Å². The van der Waals surface area contributed by atoms with Crippen molar-refractivity contribution >= 4 is 17.7 Å². The van der Waals surface area contributed by atoms with Crippen LogP contribution in [0, 0.1) is 5.92 Å². The van der Waals surface area contributed by atoms with Gasteiger partial charge in [-0.2, -0.15) is 11.8 Å². The Balaban J connectivity index is 2.37. The highest BCUT2D eigenvalue weighted by molar-refractivity contribution is 8.00. The smallest absolute Gasteiger partial charge is 0.303 e. The quantitative estimate of drug-likeness (QED) is 0.736. The molecule has 1 aliphatic rings. The number of hydrogen-bond donors (Lipinski definition) is 1. The van der Waals surface area contributed by atoms with E-state index in [0.717, 1.165) is 6.42 Å². The average molecular weight is 188 g/mol. The Bertz CT molecular complexity index is 153. The molecule has 0 aromatic heterocycles. The van der Waals surface area contributed by atoms with Crippen LogP contribution in [0.5, 0.6) is 0 Å². The van der Waals surface area contributed by atoms with Crippen LogP contribution >= 0.6 is 11.8 Å². The molecule has 2 unspecified atom stereocenters. The van der Waals surface area contributed by atoms with E-state index in [-0.39, 0.29) is 0 Å². The van der Waals surface area contributed by atoms with Gasteiger partial charge in [0.05, 0.1) is 0 Å². The molecule has 0 amide bonds. The number of rotatable bonds is 4. The van der Waals surface area contributed by atoms with Crippen LogP contribution in [0.1, 0.15) is 32.6 Å². The summed E-state index contributed by atoms with van der Waals surface area (Å²) in [7, 11) is 0. The maximum Gasteiger partial charge on any atom is 0.303 e. The van der Waals surface area contributed by atoms with Crippen LogP contribution < -0.4 is 0 Å². The third kappa shape index (κ3) is 2.70. The SMILES string of the molecule is CCC(CC(=O)O)C1CCCS1. The Morgan fingerprint density at radius 2 is 2.50 bits per heavy atom. The molecular weight excluding hydrogens is 172 g/mol. The Morgan fingerprint density at radius 1 is 1.75 bits per heavy atom. The predicted molar refractivity (Wildman–Crippen MR) is 51.5 cm³/mol. The fourth-order valence-corrected chi connectivity index (χ4v) is 3.27. The normalized spacial score (nSPS) is 25.6. The van der Waals surface area contributed by atoms with Crippen molar-refractivity contribution in [3.63, 3.8) is 0 Å². The minimum atomic E-state index is -0.644. The van der Waals surface area contributed by atoms with Gasteiger partial charge in [0.1, 0.15) is 0 Å². The molecule has 2 atom stereocenters. The number of hydrogen-bond acceptors (Lipinski definition) is 2. The first kappa shape index (κ1) is 9.90. The summed E-state index contributed by atoms with van der Waals surface area (Å²) in [5.74, 6) is 0.977. The van der Waals surface area contributed by atoms with E-state index in [0.29, 0.717) is 17.6 Å². The largest absolute Gasteiger partial charge is 0.481 e. The van der Waals surface area contributed by atoms with E-state index in [1.165, 1.54) is 18.6 Å². The molecule has 1 rings (SSSR count). The van der Waals surface area contributed by atoms with Gasteiger partial charge in [0, 0.05) is 11.7 Å². The van der Waals surface area contributed by atoms with Crippen LogP contribution in [0.4, 0.5) is 0 Å². The molecule has 1 saturated heterocycles. The second-order valence-corrected chi connectivity index (χ2v) is 4.66. The van der Waals surface area contributed by atoms with Gasteiger partial charge in [-0.25, -0.2) is 0 Å². The minimum absolute atomic E-state index is 0.355. The first-order chi connectivity index (χ1) is 5.74. The summed E-state index contributed by atoms with van der Waals surface area (Å²) < 4.78 is 0. The van der Waals surface area contributed by atoms with E-state index in [1.54, 1.807) is 0 Å². The van der Waals surface area contributed by atoms with Crippen LogP contribution in [-0.2, 0) is 4.79 Å². The first-order valence-corrected chi connectivity index (χ1v) is 5.62. The molecule has 0 saturated carbocycles. The van der Waals surface area contributed by atoms with Gasteiger partial charge in [0.25, 0.3) is 0 Å². The molecule has 1 heterocycles. The van der Waals surface area contributed by atoms with Crippen molar-refractivity contribution in [3.8, 4) is 0 Å². The highest BCUT2D eigenvalue weighted by Crippen LogP contribution is 2.34. The fourth-order valence-electron chi connectivity index (χ4n) is 1.74. The zero-order chi connectivity index (χ0) is 8.97. The average Bonchev–Trinajstić information content (AvgIpc) is 2.51. The topological polar surface area (TPSA) is 37.3 Å². The Kier molecular flexibility index (Phi) is 3.92. The lowest BCUT2D eigenvalue weighted by Crippen LogP contribution is -2.17. The van der Waals surface area contributed by atoms with Crippen molar-refractivity contribution in [3.05, 3.63) is 0 Å². The summed E-state index contributed by atoms with van der Waals surface area (Å²) >= 11 is 1.95. The summed E-state index contributed by atoms with van der Waals surface area (Å²) in [5.41, 5.74) is 0. The van der Waals surface area contributed by atoms with Gasteiger partial charge < -0.3 is 5.11 Å². The minimum Gasteiger partial charge on any atom is -0.481 e. The maximum absolute atomic E-state index is 10.5. The van der Waals surface area contributed by atoms with E-state index in [9.17, 15) is 4.79 Å². The molecule has 0 spiro atoms. The Morgan fingerprint density at radius 3 is 2.92 bits per heavy atom. The molecule has 2 nitrogen and oxygen atoms in total. The third-order valence-electron chi connectivity index (χ3n) is 2.45. The molecule has 1 aliphatic heterocycles. The highest BCUT2D eigenvalue weighted by atomic mass is 32.2. The van der Waals surface area contributed by atoms with Crippen molar-refractivity contribution in [2.75, 3.05) is 5.75 Å². The van der Waals surface area contributed by atoms with Crippen LogP contribution in [-0.4, -0.2) is 22.1 Å². The number of thioether (sulfide) groups is 1. The van der Waals surface area contributed by atoms with E-state index in [2.05, 4.69) is 6.92 Å². The van der Waals surface area contributed by atoms with Gasteiger partial charge >= 0.3 is 5.97 Å². The number of carboxylic acid groups (broad SMARTS) is 1. The molecule has 0 aliphatic carbocycles. The summed E-state index contributed by atoms with van der Waals surface area (Å²) in [5, 5.41) is 9.28.